The monoisotopic (exact) mass is 661 g/mol. The third-order valence-corrected chi connectivity index (χ3v) is 10.8. The molecule has 0 bridgehead atoms. The van der Waals surface area contributed by atoms with Gasteiger partial charge in [-0.1, -0.05) is 164 Å². The molecule has 50 heavy (non-hydrogen) atoms. The summed E-state index contributed by atoms with van der Waals surface area (Å²) in [6, 6.07) is 39.7. The molecule has 0 aliphatic heterocycles. The number of benzene rings is 5. The van der Waals surface area contributed by atoms with Crippen LogP contribution in [0.25, 0.3) is 22.3 Å². The third-order valence-electron chi connectivity index (χ3n) is 10.8. The molecular weight excluding hydrogens is 603 g/mol. The van der Waals surface area contributed by atoms with E-state index in [1.807, 2.05) is 0 Å². The van der Waals surface area contributed by atoms with Crippen molar-refractivity contribution in [3.05, 3.63) is 137 Å². The van der Waals surface area contributed by atoms with Crippen molar-refractivity contribution in [1.82, 2.24) is 0 Å². The molecule has 1 heteroatoms. The second-order valence-electron chi connectivity index (χ2n) is 19.3. The Balaban J connectivity index is 1.64. The van der Waals surface area contributed by atoms with E-state index < -0.39 is 0 Å². The van der Waals surface area contributed by atoms with Gasteiger partial charge in [-0.25, -0.2) is 0 Å². The molecule has 0 unspecified atom stereocenters. The molecule has 0 saturated carbocycles. The van der Waals surface area contributed by atoms with E-state index in [0.717, 1.165) is 0 Å². The van der Waals surface area contributed by atoms with Crippen LogP contribution in [0.5, 0.6) is 0 Å². The van der Waals surface area contributed by atoms with Gasteiger partial charge in [-0.15, -0.1) is 0 Å². The zero-order chi connectivity index (χ0) is 36.6. The first-order valence-electron chi connectivity index (χ1n) is 18.5. The standard InChI is InChI=1S/C49H59N/c1-45(2,3)34-19-17-18-32(26-34)33-22-25-44(43(27-33)48(10,11)12)50(38-29-35(46(4,5)6)28-36(30-38)47(7,8)9)37-23-24-40-39-20-15-16-21-41(39)49(13,14)42(40)31-37/h15-31H,1-14H3. The lowest BCUT2D eigenvalue weighted by Crippen LogP contribution is -2.22. The van der Waals surface area contributed by atoms with Crippen LogP contribution in [0, 0.1) is 0 Å². The van der Waals surface area contributed by atoms with Crippen LogP contribution in [-0.4, -0.2) is 0 Å². The Morgan fingerprint density at radius 2 is 1.00 bits per heavy atom. The number of hydrogen-bond donors (Lipinski definition) is 0. The summed E-state index contributed by atoms with van der Waals surface area (Å²) >= 11 is 0. The van der Waals surface area contributed by atoms with Gasteiger partial charge in [0.2, 0.25) is 0 Å². The largest absolute Gasteiger partial charge is 0.310 e. The van der Waals surface area contributed by atoms with Crippen LogP contribution in [0.1, 0.15) is 130 Å². The predicted octanol–water partition coefficient (Wildman–Crippen LogP) is 14.3. The molecule has 0 heterocycles. The van der Waals surface area contributed by atoms with Crippen molar-refractivity contribution in [2.45, 2.75) is 124 Å². The van der Waals surface area contributed by atoms with Gasteiger partial charge in [-0.2, -0.15) is 0 Å². The normalized spacial score (nSPS) is 14.4. The van der Waals surface area contributed by atoms with Crippen LogP contribution in [0.15, 0.2) is 103 Å². The number of nitrogens with zero attached hydrogens (tertiary/aromatic N) is 1. The summed E-state index contributed by atoms with van der Waals surface area (Å²) in [6.45, 7) is 32.7. The Morgan fingerprint density at radius 1 is 0.420 bits per heavy atom. The van der Waals surface area contributed by atoms with Crippen LogP contribution in [0.3, 0.4) is 0 Å². The van der Waals surface area contributed by atoms with Crippen LogP contribution >= 0.6 is 0 Å². The summed E-state index contributed by atoms with van der Waals surface area (Å²) < 4.78 is 0. The smallest absolute Gasteiger partial charge is 0.0499 e. The van der Waals surface area contributed by atoms with Crippen molar-refractivity contribution in [2.75, 3.05) is 4.90 Å². The summed E-state index contributed by atoms with van der Waals surface area (Å²) in [5, 5.41) is 0. The lowest BCUT2D eigenvalue weighted by Gasteiger charge is -2.35. The van der Waals surface area contributed by atoms with E-state index in [1.165, 1.54) is 72.7 Å². The fraction of sp³-hybridized carbons (Fsp3) is 0.388. The Bertz CT molecular complexity index is 2030. The molecule has 1 aliphatic rings. The molecule has 0 aromatic heterocycles. The molecule has 260 valence electrons. The average Bonchev–Trinajstić information content (AvgIpc) is 3.25. The lowest BCUT2D eigenvalue weighted by molar-refractivity contribution is 0.568. The van der Waals surface area contributed by atoms with E-state index in [0.29, 0.717) is 0 Å². The summed E-state index contributed by atoms with van der Waals surface area (Å²) in [5.74, 6) is 0. The van der Waals surface area contributed by atoms with E-state index in [4.69, 9.17) is 0 Å². The lowest BCUT2D eigenvalue weighted by atomic mass is 9.79. The zero-order valence-electron chi connectivity index (χ0n) is 33.3. The maximum atomic E-state index is 2.56. The molecule has 0 spiro atoms. The van der Waals surface area contributed by atoms with Crippen LogP contribution in [0.4, 0.5) is 17.1 Å². The minimum absolute atomic E-state index is 0.00195. The summed E-state index contributed by atoms with van der Waals surface area (Å²) in [4.78, 5) is 2.56. The Morgan fingerprint density at radius 3 is 1.60 bits per heavy atom. The molecule has 1 aliphatic carbocycles. The van der Waals surface area contributed by atoms with Gasteiger partial charge in [0, 0.05) is 22.5 Å². The highest BCUT2D eigenvalue weighted by Gasteiger charge is 2.36. The first kappa shape index (κ1) is 35.7. The Kier molecular flexibility index (Phi) is 8.58. The van der Waals surface area contributed by atoms with Crippen molar-refractivity contribution in [3.8, 4) is 22.3 Å². The third kappa shape index (κ3) is 6.57. The Hall–Kier alpha value is -4.10. The van der Waals surface area contributed by atoms with Gasteiger partial charge in [0.1, 0.15) is 0 Å². The quantitative estimate of drug-likeness (QED) is 0.185. The first-order chi connectivity index (χ1) is 23.1. The predicted molar refractivity (Wildman–Crippen MR) is 219 cm³/mol. The van der Waals surface area contributed by atoms with Crippen LogP contribution in [0.2, 0.25) is 0 Å². The van der Waals surface area contributed by atoms with E-state index in [1.54, 1.807) is 0 Å². The molecule has 0 N–H and O–H groups in total. The topological polar surface area (TPSA) is 3.24 Å². The number of anilines is 3. The minimum Gasteiger partial charge on any atom is -0.310 e. The maximum Gasteiger partial charge on any atom is 0.0499 e. The summed E-state index contributed by atoms with van der Waals surface area (Å²) in [7, 11) is 0. The van der Waals surface area contributed by atoms with Crippen molar-refractivity contribution in [3.63, 3.8) is 0 Å². The summed E-state index contributed by atoms with van der Waals surface area (Å²) in [5.41, 5.74) is 16.9. The molecule has 0 radical (unpaired) electrons. The highest BCUT2D eigenvalue weighted by molar-refractivity contribution is 5.87. The van der Waals surface area contributed by atoms with Gasteiger partial charge in [-0.05, 0) is 114 Å². The fourth-order valence-corrected chi connectivity index (χ4v) is 7.54. The number of hydrogen-bond acceptors (Lipinski definition) is 1. The molecule has 0 saturated heterocycles. The number of rotatable bonds is 4. The van der Waals surface area contributed by atoms with Crippen LogP contribution < -0.4 is 4.90 Å². The van der Waals surface area contributed by atoms with Gasteiger partial charge in [0.05, 0.1) is 0 Å². The van der Waals surface area contributed by atoms with Gasteiger partial charge in [0.15, 0.2) is 0 Å². The van der Waals surface area contributed by atoms with Gasteiger partial charge < -0.3 is 4.90 Å². The molecule has 5 aromatic carbocycles. The molecule has 0 amide bonds. The molecule has 1 nitrogen and oxygen atoms in total. The van der Waals surface area contributed by atoms with Crippen molar-refractivity contribution in [2.24, 2.45) is 0 Å². The summed E-state index contributed by atoms with van der Waals surface area (Å²) in [6.07, 6.45) is 0. The van der Waals surface area contributed by atoms with Crippen molar-refractivity contribution < 1.29 is 0 Å². The maximum absolute atomic E-state index is 2.56. The van der Waals surface area contributed by atoms with Gasteiger partial charge >= 0.3 is 0 Å². The van der Waals surface area contributed by atoms with Crippen LogP contribution in [-0.2, 0) is 27.1 Å². The second-order valence-corrected chi connectivity index (χ2v) is 19.3. The van der Waals surface area contributed by atoms with E-state index in [-0.39, 0.29) is 27.1 Å². The molecule has 5 aromatic rings. The second kappa shape index (κ2) is 12.0. The highest BCUT2D eigenvalue weighted by Crippen LogP contribution is 2.52. The molecule has 6 rings (SSSR count). The average molecular weight is 662 g/mol. The van der Waals surface area contributed by atoms with Crippen molar-refractivity contribution in [1.29, 1.82) is 0 Å². The molecular formula is C49H59N. The first-order valence-corrected chi connectivity index (χ1v) is 18.5. The van der Waals surface area contributed by atoms with E-state index in [2.05, 4.69) is 205 Å². The minimum atomic E-state index is -0.105. The fourth-order valence-electron chi connectivity index (χ4n) is 7.54. The van der Waals surface area contributed by atoms with Gasteiger partial charge in [-0.3, -0.25) is 0 Å². The highest BCUT2D eigenvalue weighted by atomic mass is 15.1. The Labute approximate surface area is 303 Å². The number of fused-ring (bicyclic) bond motifs is 3. The zero-order valence-corrected chi connectivity index (χ0v) is 33.3. The van der Waals surface area contributed by atoms with E-state index >= 15 is 0 Å². The van der Waals surface area contributed by atoms with Gasteiger partial charge in [0.25, 0.3) is 0 Å². The van der Waals surface area contributed by atoms with Crippen molar-refractivity contribution >= 4 is 17.1 Å². The molecule has 0 fully saturated rings. The van der Waals surface area contributed by atoms with E-state index in [9.17, 15) is 0 Å². The SMILES string of the molecule is CC(C)(C)c1cccc(-c2ccc(N(c3cc(C(C)(C)C)cc(C(C)(C)C)c3)c3ccc4c(c3)C(C)(C)c3ccccc3-4)c(C(C)(C)C)c2)c1. The molecule has 0 atom stereocenters.